The minimum atomic E-state index is -3.91. The summed E-state index contributed by atoms with van der Waals surface area (Å²) in [6.45, 7) is 6.76. The SMILES string of the molecule is Cc1ccc(NC(=O)c2ccc(S(=O)(=O)NC(C)(C)C)o2)cc1NS(C)(=O)=O. The highest BCUT2D eigenvalue weighted by atomic mass is 32.2. The Balaban J connectivity index is 2.21. The third-order valence-electron chi connectivity index (χ3n) is 3.30. The summed E-state index contributed by atoms with van der Waals surface area (Å²) in [5.41, 5.74) is 0.592. The smallest absolute Gasteiger partial charge is 0.291 e. The van der Waals surface area contributed by atoms with Crippen LogP contribution in [0.1, 0.15) is 36.9 Å². The molecule has 0 saturated heterocycles. The van der Waals surface area contributed by atoms with Gasteiger partial charge in [-0.2, -0.15) is 0 Å². The van der Waals surface area contributed by atoms with Crippen molar-refractivity contribution in [1.29, 1.82) is 0 Å². The summed E-state index contributed by atoms with van der Waals surface area (Å²) in [6.07, 6.45) is 1.02. The highest BCUT2D eigenvalue weighted by Gasteiger charge is 2.26. The summed E-state index contributed by atoms with van der Waals surface area (Å²) in [5, 5.41) is 2.16. The molecule has 0 aliphatic rings. The number of hydrogen-bond donors (Lipinski definition) is 3. The van der Waals surface area contributed by atoms with Crippen LogP contribution in [0.25, 0.3) is 0 Å². The van der Waals surface area contributed by atoms with E-state index in [1.54, 1.807) is 39.8 Å². The maximum Gasteiger partial charge on any atom is 0.291 e. The van der Waals surface area contributed by atoms with Gasteiger partial charge >= 0.3 is 0 Å². The van der Waals surface area contributed by atoms with E-state index in [2.05, 4.69) is 14.8 Å². The van der Waals surface area contributed by atoms with Crippen LogP contribution in [-0.2, 0) is 20.0 Å². The Morgan fingerprint density at radius 2 is 1.68 bits per heavy atom. The van der Waals surface area contributed by atoms with Gasteiger partial charge in [0.1, 0.15) is 0 Å². The van der Waals surface area contributed by atoms with Gasteiger partial charge in [-0.05, 0) is 57.5 Å². The van der Waals surface area contributed by atoms with Crippen LogP contribution in [0.5, 0.6) is 0 Å². The zero-order valence-corrected chi connectivity index (χ0v) is 17.8. The lowest BCUT2D eigenvalue weighted by Gasteiger charge is -2.18. The zero-order chi connectivity index (χ0) is 21.3. The van der Waals surface area contributed by atoms with Gasteiger partial charge in [0.15, 0.2) is 5.76 Å². The van der Waals surface area contributed by atoms with E-state index in [0.29, 0.717) is 16.9 Å². The van der Waals surface area contributed by atoms with E-state index >= 15 is 0 Å². The first-order valence-corrected chi connectivity index (χ1v) is 11.6. The maximum absolute atomic E-state index is 12.4. The van der Waals surface area contributed by atoms with E-state index in [0.717, 1.165) is 6.26 Å². The topological polar surface area (TPSA) is 135 Å². The van der Waals surface area contributed by atoms with Crippen molar-refractivity contribution in [2.45, 2.75) is 38.3 Å². The normalized spacial score (nSPS) is 12.6. The van der Waals surface area contributed by atoms with Crippen LogP contribution >= 0.6 is 0 Å². The number of benzene rings is 1. The maximum atomic E-state index is 12.4. The summed E-state index contributed by atoms with van der Waals surface area (Å²) >= 11 is 0. The molecule has 0 fully saturated rings. The molecular weight excluding hydrogens is 406 g/mol. The molecule has 0 bridgehead atoms. The standard InChI is InChI=1S/C17H23N3O6S2/c1-11-6-7-12(10-13(11)19-27(5,22)23)18-16(21)14-8-9-15(26-14)28(24,25)20-17(2,3)4/h6-10,19-20H,1-5H3,(H,18,21). The van der Waals surface area contributed by atoms with E-state index in [1.807, 2.05) is 0 Å². The van der Waals surface area contributed by atoms with Gasteiger partial charge in [-0.15, -0.1) is 0 Å². The van der Waals surface area contributed by atoms with Crippen LogP contribution in [-0.4, -0.2) is 34.5 Å². The van der Waals surface area contributed by atoms with Gasteiger partial charge in [0.05, 0.1) is 11.9 Å². The molecule has 0 spiro atoms. The average Bonchev–Trinajstić information content (AvgIpc) is 2.97. The quantitative estimate of drug-likeness (QED) is 0.645. The first-order valence-electron chi connectivity index (χ1n) is 8.20. The molecule has 28 heavy (non-hydrogen) atoms. The van der Waals surface area contributed by atoms with Gasteiger partial charge in [-0.25, -0.2) is 21.6 Å². The Kier molecular flexibility index (Phi) is 5.93. The van der Waals surface area contributed by atoms with Gasteiger partial charge in [0.2, 0.25) is 15.1 Å². The molecule has 1 heterocycles. The Labute approximate surface area is 164 Å². The van der Waals surface area contributed by atoms with E-state index in [-0.39, 0.29) is 10.9 Å². The van der Waals surface area contributed by atoms with Crippen molar-refractivity contribution in [1.82, 2.24) is 4.72 Å². The third-order valence-corrected chi connectivity index (χ3v) is 5.52. The molecule has 2 aromatic rings. The molecule has 1 aromatic carbocycles. The summed E-state index contributed by atoms with van der Waals surface area (Å²) in [7, 11) is -7.39. The summed E-state index contributed by atoms with van der Waals surface area (Å²) < 4.78 is 57.3. The molecule has 0 saturated carbocycles. The minimum Gasteiger partial charge on any atom is -0.438 e. The molecule has 1 aromatic heterocycles. The second kappa shape index (κ2) is 7.57. The third kappa shape index (κ3) is 6.08. The van der Waals surface area contributed by atoms with Crippen molar-refractivity contribution < 1.29 is 26.0 Å². The number of furan rings is 1. The average molecular weight is 430 g/mol. The minimum absolute atomic E-state index is 0.201. The van der Waals surface area contributed by atoms with Gasteiger partial charge in [-0.3, -0.25) is 9.52 Å². The van der Waals surface area contributed by atoms with Crippen LogP contribution in [0.4, 0.5) is 11.4 Å². The number of aryl methyl sites for hydroxylation is 1. The second-order valence-corrected chi connectivity index (χ2v) is 10.7. The monoisotopic (exact) mass is 429 g/mol. The summed E-state index contributed by atoms with van der Waals surface area (Å²) in [6, 6.07) is 7.11. The van der Waals surface area contributed by atoms with E-state index in [9.17, 15) is 21.6 Å². The molecule has 0 aliphatic carbocycles. The molecule has 0 aliphatic heterocycles. The van der Waals surface area contributed by atoms with Crippen LogP contribution in [0, 0.1) is 6.92 Å². The van der Waals surface area contributed by atoms with Gasteiger partial charge < -0.3 is 9.73 Å². The van der Waals surface area contributed by atoms with Crippen LogP contribution in [0.2, 0.25) is 0 Å². The second-order valence-electron chi connectivity index (χ2n) is 7.33. The molecule has 11 heteroatoms. The lowest BCUT2D eigenvalue weighted by atomic mass is 10.1. The zero-order valence-electron chi connectivity index (χ0n) is 16.2. The predicted molar refractivity (Wildman–Crippen MR) is 106 cm³/mol. The summed E-state index contributed by atoms with van der Waals surface area (Å²) in [5.74, 6) is -0.876. The molecule has 154 valence electrons. The number of carbonyl (C=O) groups excluding carboxylic acids is 1. The highest BCUT2D eigenvalue weighted by molar-refractivity contribution is 7.92. The molecule has 0 atom stereocenters. The number of sulfonamides is 2. The first-order chi connectivity index (χ1) is 12.7. The number of hydrogen-bond acceptors (Lipinski definition) is 6. The van der Waals surface area contributed by atoms with Gasteiger partial charge in [-0.1, -0.05) is 6.07 Å². The van der Waals surface area contributed by atoms with Gasteiger partial charge in [0, 0.05) is 11.2 Å². The fraction of sp³-hybridized carbons (Fsp3) is 0.353. The molecule has 0 radical (unpaired) electrons. The Bertz CT molecular complexity index is 1100. The number of carbonyl (C=O) groups is 1. The van der Waals surface area contributed by atoms with Crippen molar-refractivity contribution in [3.8, 4) is 0 Å². The first kappa shape index (κ1) is 21.9. The van der Waals surface area contributed by atoms with Crippen molar-refractivity contribution in [3.05, 3.63) is 41.7 Å². The van der Waals surface area contributed by atoms with E-state index < -0.39 is 31.5 Å². The number of anilines is 2. The van der Waals surface area contributed by atoms with Crippen LogP contribution < -0.4 is 14.8 Å². The summed E-state index contributed by atoms with van der Waals surface area (Å²) in [4.78, 5) is 12.4. The molecule has 1 amide bonds. The lowest BCUT2D eigenvalue weighted by molar-refractivity contribution is 0.0991. The highest BCUT2D eigenvalue weighted by Crippen LogP contribution is 2.23. The Morgan fingerprint density at radius 3 is 2.25 bits per heavy atom. The Morgan fingerprint density at radius 1 is 1.04 bits per heavy atom. The fourth-order valence-corrected chi connectivity index (χ4v) is 4.21. The number of rotatable bonds is 6. The van der Waals surface area contributed by atoms with Crippen LogP contribution in [0.3, 0.4) is 0 Å². The van der Waals surface area contributed by atoms with Crippen molar-refractivity contribution in [2.75, 3.05) is 16.3 Å². The predicted octanol–water partition coefficient (Wildman–Crippen LogP) is 2.29. The number of amides is 1. The van der Waals surface area contributed by atoms with Gasteiger partial charge in [0.25, 0.3) is 15.9 Å². The van der Waals surface area contributed by atoms with E-state index in [4.69, 9.17) is 4.42 Å². The largest absolute Gasteiger partial charge is 0.438 e. The molecule has 9 nitrogen and oxygen atoms in total. The van der Waals surface area contributed by atoms with Crippen LogP contribution in [0.15, 0.2) is 39.8 Å². The van der Waals surface area contributed by atoms with Crippen molar-refractivity contribution in [3.63, 3.8) is 0 Å². The van der Waals surface area contributed by atoms with Crippen molar-refractivity contribution >= 4 is 37.3 Å². The fourth-order valence-electron chi connectivity index (χ4n) is 2.24. The molecule has 3 N–H and O–H groups in total. The van der Waals surface area contributed by atoms with E-state index in [1.165, 1.54) is 18.2 Å². The molecule has 2 rings (SSSR count). The Hall–Kier alpha value is -2.37. The molecular formula is C17H23N3O6S2. The number of nitrogens with one attached hydrogen (secondary N) is 3. The lowest BCUT2D eigenvalue weighted by Crippen LogP contribution is -2.40. The van der Waals surface area contributed by atoms with Crippen molar-refractivity contribution in [2.24, 2.45) is 0 Å². The molecule has 0 unspecified atom stereocenters.